The predicted molar refractivity (Wildman–Crippen MR) is 61.3 cm³/mol. The third-order valence-electron chi connectivity index (χ3n) is 3.27. The molecule has 1 fully saturated rings. The molecule has 0 radical (unpaired) electrons. The molecule has 0 unspecified atom stereocenters. The van der Waals surface area contributed by atoms with Crippen molar-refractivity contribution in [2.75, 3.05) is 0 Å². The second-order valence-electron chi connectivity index (χ2n) is 4.67. The van der Waals surface area contributed by atoms with E-state index in [0.29, 0.717) is 12.8 Å². The first-order valence-corrected chi connectivity index (χ1v) is 6.10. The molecule has 1 N–H and O–H groups in total. The third kappa shape index (κ3) is 3.65. The highest BCUT2D eigenvalue weighted by atomic mass is 19.4. The van der Waals surface area contributed by atoms with Crippen LogP contribution in [0.5, 0.6) is 0 Å². The maximum atomic E-state index is 12.6. The minimum Gasteiger partial charge on any atom is -0.348 e. The van der Waals surface area contributed by atoms with Gasteiger partial charge in [-0.3, -0.25) is 9.78 Å². The van der Waals surface area contributed by atoms with E-state index in [1.165, 1.54) is 18.6 Å². The van der Waals surface area contributed by atoms with Crippen molar-refractivity contribution >= 4 is 5.91 Å². The molecule has 1 aromatic rings. The molecular formula is C12H14F3N3O. The van der Waals surface area contributed by atoms with Gasteiger partial charge in [-0.25, -0.2) is 4.98 Å². The van der Waals surface area contributed by atoms with Crippen LogP contribution in [0.15, 0.2) is 18.6 Å². The van der Waals surface area contributed by atoms with Gasteiger partial charge < -0.3 is 5.32 Å². The van der Waals surface area contributed by atoms with Gasteiger partial charge in [0.1, 0.15) is 5.69 Å². The third-order valence-corrected chi connectivity index (χ3v) is 3.27. The lowest BCUT2D eigenvalue weighted by Gasteiger charge is -2.30. The van der Waals surface area contributed by atoms with E-state index < -0.39 is 24.0 Å². The van der Waals surface area contributed by atoms with E-state index >= 15 is 0 Å². The molecule has 1 heterocycles. The van der Waals surface area contributed by atoms with Crippen LogP contribution in [0.1, 0.15) is 36.2 Å². The van der Waals surface area contributed by atoms with Gasteiger partial charge in [0.05, 0.1) is 12.1 Å². The van der Waals surface area contributed by atoms with Gasteiger partial charge in [-0.15, -0.1) is 0 Å². The highest BCUT2D eigenvalue weighted by Crippen LogP contribution is 2.37. The summed E-state index contributed by atoms with van der Waals surface area (Å²) in [6.07, 6.45) is 1.02. The van der Waals surface area contributed by atoms with Crippen molar-refractivity contribution in [3.63, 3.8) is 0 Å². The van der Waals surface area contributed by atoms with E-state index in [4.69, 9.17) is 0 Å². The zero-order valence-corrected chi connectivity index (χ0v) is 10.2. The van der Waals surface area contributed by atoms with Gasteiger partial charge in [-0.1, -0.05) is 6.42 Å². The van der Waals surface area contributed by atoms with Crippen LogP contribution in [0, 0.1) is 5.92 Å². The Hall–Kier alpha value is -1.66. The molecule has 2 atom stereocenters. The summed E-state index contributed by atoms with van der Waals surface area (Å²) in [6.45, 7) is 0. The van der Waals surface area contributed by atoms with Crippen molar-refractivity contribution in [1.29, 1.82) is 0 Å². The predicted octanol–water partition coefficient (Wildman–Crippen LogP) is 2.33. The fourth-order valence-electron chi connectivity index (χ4n) is 2.29. The minimum absolute atomic E-state index is 0.0600. The summed E-state index contributed by atoms with van der Waals surface area (Å²) >= 11 is 0. The normalized spacial score (nSPS) is 23.9. The van der Waals surface area contributed by atoms with Crippen LogP contribution in [0.3, 0.4) is 0 Å². The second-order valence-corrected chi connectivity index (χ2v) is 4.67. The van der Waals surface area contributed by atoms with Crippen molar-refractivity contribution in [2.24, 2.45) is 5.92 Å². The fourth-order valence-corrected chi connectivity index (χ4v) is 2.29. The van der Waals surface area contributed by atoms with Crippen LogP contribution < -0.4 is 5.32 Å². The molecule has 0 saturated heterocycles. The second kappa shape index (κ2) is 5.54. The molecule has 4 nitrogen and oxygen atoms in total. The average Bonchev–Trinajstić information content (AvgIpc) is 2.39. The number of hydrogen-bond acceptors (Lipinski definition) is 3. The number of amides is 1. The van der Waals surface area contributed by atoms with Crippen LogP contribution in [0.25, 0.3) is 0 Å². The Morgan fingerprint density at radius 2 is 2.11 bits per heavy atom. The first kappa shape index (κ1) is 13.8. The molecule has 1 saturated carbocycles. The summed E-state index contributed by atoms with van der Waals surface area (Å²) in [5, 5.41) is 2.60. The van der Waals surface area contributed by atoms with Crippen LogP contribution in [0.2, 0.25) is 0 Å². The number of aromatic nitrogens is 2. The van der Waals surface area contributed by atoms with E-state index in [0.717, 1.165) is 0 Å². The van der Waals surface area contributed by atoms with Crippen LogP contribution in [-0.2, 0) is 0 Å². The van der Waals surface area contributed by atoms with Crippen molar-refractivity contribution in [3.8, 4) is 0 Å². The van der Waals surface area contributed by atoms with Gasteiger partial charge in [-0.05, 0) is 19.3 Å². The number of rotatable bonds is 2. The molecule has 1 aliphatic carbocycles. The van der Waals surface area contributed by atoms with Gasteiger partial charge in [0, 0.05) is 18.4 Å². The number of hydrogen-bond donors (Lipinski definition) is 1. The van der Waals surface area contributed by atoms with E-state index in [9.17, 15) is 18.0 Å². The average molecular weight is 273 g/mol. The first-order chi connectivity index (χ1) is 8.97. The van der Waals surface area contributed by atoms with Gasteiger partial charge >= 0.3 is 6.18 Å². The molecule has 0 aliphatic heterocycles. The summed E-state index contributed by atoms with van der Waals surface area (Å²) in [5.41, 5.74) is 0.122. The summed E-state index contributed by atoms with van der Waals surface area (Å²) in [4.78, 5) is 19.3. The molecule has 0 bridgehead atoms. The van der Waals surface area contributed by atoms with Crippen molar-refractivity contribution in [1.82, 2.24) is 15.3 Å². The lowest BCUT2D eigenvalue weighted by molar-refractivity contribution is -0.183. The molecule has 1 amide bonds. The number of nitrogens with zero attached hydrogens (tertiary/aromatic N) is 2. The lowest BCUT2D eigenvalue weighted by atomic mass is 9.85. The van der Waals surface area contributed by atoms with Gasteiger partial charge in [0.2, 0.25) is 0 Å². The highest BCUT2D eigenvalue weighted by Gasteiger charge is 2.42. The minimum atomic E-state index is -4.18. The fraction of sp³-hybridized carbons (Fsp3) is 0.583. The summed E-state index contributed by atoms with van der Waals surface area (Å²) in [6, 6.07) is -0.449. The molecule has 1 aromatic heterocycles. The van der Waals surface area contributed by atoms with Crippen LogP contribution >= 0.6 is 0 Å². The zero-order valence-electron chi connectivity index (χ0n) is 10.2. The summed E-state index contributed by atoms with van der Waals surface area (Å²) < 4.78 is 37.9. The van der Waals surface area contributed by atoms with Crippen molar-refractivity contribution < 1.29 is 18.0 Å². The van der Waals surface area contributed by atoms with Crippen molar-refractivity contribution in [2.45, 2.75) is 37.9 Å². The number of nitrogens with one attached hydrogen (secondary N) is 1. The largest absolute Gasteiger partial charge is 0.391 e. The Balaban J connectivity index is 1.94. The smallest absolute Gasteiger partial charge is 0.348 e. The van der Waals surface area contributed by atoms with Crippen LogP contribution in [-0.4, -0.2) is 28.1 Å². The van der Waals surface area contributed by atoms with E-state index in [-0.39, 0.29) is 18.5 Å². The molecule has 7 heteroatoms. The first-order valence-electron chi connectivity index (χ1n) is 6.10. The number of halogens is 3. The van der Waals surface area contributed by atoms with E-state index in [2.05, 4.69) is 15.3 Å². The molecule has 1 aliphatic rings. The Labute approximate surface area is 108 Å². The quantitative estimate of drug-likeness (QED) is 0.899. The molecule has 19 heavy (non-hydrogen) atoms. The molecular weight excluding hydrogens is 259 g/mol. The standard InChI is InChI=1S/C12H14F3N3O/c13-12(14,15)8-2-1-3-9(6-8)18-11(19)10-7-16-4-5-17-10/h4-5,7-9H,1-3,6H2,(H,18,19)/t8-,9+/m0/s1. The van der Waals surface area contributed by atoms with Gasteiger partial charge in [-0.2, -0.15) is 13.2 Å². The number of carbonyl (C=O) groups is 1. The SMILES string of the molecule is O=C(N[C@@H]1CCC[C@H](C(F)(F)F)C1)c1cnccn1. The highest BCUT2D eigenvalue weighted by molar-refractivity contribution is 5.92. The molecule has 0 aromatic carbocycles. The maximum absolute atomic E-state index is 12.6. The molecule has 2 rings (SSSR count). The number of alkyl halides is 3. The zero-order chi connectivity index (χ0) is 13.9. The Bertz CT molecular complexity index is 436. The van der Waals surface area contributed by atoms with Crippen molar-refractivity contribution in [3.05, 3.63) is 24.3 Å². The van der Waals surface area contributed by atoms with Gasteiger partial charge in [0.25, 0.3) is 5.91 Å². The topological polar surface area (TPSA) is 54.9 Å². The van der Waals surface area contributed by atoms with E-state index in [1.54, 1.807) is 0 Å². The Morgan fingerprint density at radius 1 is 1.32 bits per heavy atom. The monoisotopic (exact) mass is 273 g/mol. The Kier molecular flexibility index (Phi) is 4.01. The summed E-state index contributed by atoms with van der Waals surface area (Å²) in [7, 11) is 0. The van der Waals surface area contributed by atoms with Crippen LogP contribution in [0.4, 0.5) is 13.2 Å². The van der Waals surface area contributed by atoms with E-state index in [1.807, 2.05) is 0 Å². The maximum Gasteiger partial charge on any atom is 0.391 e. The lowest BCUT2D eigenvalue weighted by Crippen LogP contribution is -2.41. The molecule has 104 valence electrons. The Morgan fingerprint density at radius 3 is 2.74 bits per heavy atom. The number of carbonyl (C=O) groups excluding carboxylic acids is 1. The summed E-state index contributed by atoms with van der Waals surface area (Å²) in [5.74, 6) is -1.80. The molecule has 0 spiro atoms. The van der Waals surface area contributed by atoms with Gasteiger partial charge in [0.15, 0.2) is 0 Å².